The van der Waals surface area contributed by atoms with Gasteiger partial charge in [-0.3, -0.25) is 0 Å². The van der Waals surface area contributed by atoms with Gasteiger partial charge < -0.3 is 14.8 Å². The van der Waals surface area contributed by atoms with Crippen LogP contribution >= 0.6 is 12.4 Å². The number of methoxy groups -OCH3 is 1. The van der Waals surface area contributed by atoms with E-state index < -0.39 is 0 Å². The predicted octanol–water partition coefficient (Wildman–Crippen LogP) is 0.596. The molecule has 1 N–H and O–H groups in total. The molecule has 1 aliphatic carbocycles. The van der Waals surface area contributed by atoms with Gasteiger partial charge in [0.15, 0.2) is 0 Å². The number of carbonyl (C=O) groups excluding carboxylic acids is 1. The van der Waals surface area contributed by atoms with Gasteiger partial charge in [0.2, 0.25) is 0 Å². The molecule has 2 rings (SSSR count). The molecule has 88 valence electrons. The number of fused-ring (bicyclic) bond motifs is 1. The quantitative estimate of drug-likeness (QED) is 0.728. The molecule has 1 saturated heterocycles. The lowest BCUT2D eigenvalue weighted by Crippen LogP contribution is -2.20. The van der Waals surface area contributed by atoms with E-state index in [1.54, 1.807) is 0 Å². The van der Waals surface area contributed by atoms with Crippen molar-refractivity contribution in [1.82, 2.24) is 5.32 Å². The monoisotopic (exact) mass is 235 g/mol. The van der Waals surface area contributed by atoms with Crippen molar-refractivity contribution in [3.05, 3.63) is 0 Å². The minimum absolute atomic E-state index is 0. The van der Waals surface area contributed by atoms with Crippen molar-refractivity contribution in [1.29, 1.82) is 0 Å². The van der Waals surface area contributed by atoms with E-state index in [-0.39, 0.29) is 31.1 Å². The summed E-state index contributed by atoms with van der Waals surface area (Å²) >= 11 is 0. The number of ether oxygens (including phenoxy) is 2. The van der Waals surface area contributed by atoms with E-state index in [1.807, 2.05) is 0 Å². The van der Waals surface area contributed by atoms with Crippen LogP contribution in [0, 0.1) is 11.8 Å². The molecule has 0 aromatic rings. The molecule has 2 unspecified atom stereocenters. The van der Waals surface area contributed by atoms with Crippen LogP contribution in [0.2, 0.25) is 0 Å². The Balaban J connectivity index is 0.00000112. The molecule has 15 heavy (non-hydrogen) atoms. The predicted molar refractivity (Wildman–Crippen MR) is 58.1 cm³/mol. The van der Waals surface area contributed by atoms with Gasteiger partial charge in [0.1, 0.15) is 6.61 Å². The van der Waals surface area contributed by atoms with Gasteiger partial charge >= 0.3 is 5.97 Å². The summed E-state index contributed by atoms with van der Waals surface area (Å²) in [4.78, 5) is 10.9. The van der Waals surface area contributed by atoms with Gasteiger partial charge in [-0.25, -0.2) is 4.79 Å². The maximum Gasteiger partial charge on any atom is 0.331 e. The highest BCUT2D eigenvalue weighted by Crippen LogP contribution is 2.35. The summed E-state index contributed by atoms with van der Waals surface area (Å²) in [5, 5.41) is 3.37. The third-order valence-corrected chi connectivity index (χ3v) is 3.28. The van der Waals surface area contributed by atoms with Crippen LogP contribution in [0.15, 0.2) is 0 Å². The van der Waals surface area contributed by atoms with Crippen molar-refractivity contribution in [2.24, 2.45) is 11.8 Å². The Bertz CT molecular complexity index is 213. The minimum atomic E-state index is -0.278. The second-order valence-electron chi connectivity index (χ2n) is 4.16. The molecule has 1 aliphatic heterocycles. The number of hydrogen-bond acceptors (Lipinski definition) is 4. The lowest BCUT2D eigenvalue weighted by molar-refractivity contribution is -0.148. The summed E-state index contributed by atoms with van der Waals surface area (Å²) in [5.74, 6) is 1.25. The van der Waals surface area contributed by atoms with Gasteiger partial charge in [-0.15, -0.1) is 12.4 Å². The minimum Gasteiger partial charge on any atom is -0.467 e. The summed E-state index contributed by atoms with van der Waals surface area (Å²) in [6, 6.07) is 0. The first-order valence-corrected chi connectivity index (χ1v) is 5.18. The lowest BCUT2D eigenvalue weighted by atomic mass is 10.0. The van der Waals surface area contributed by atoms with E-state index in [1.165, 1.54) is 7.11 Å². The van der Waals surface area contributed by atoms with Gasteiger partial charge in [-0.05, 0) is 37.8 Å². The zero-order chi connectivity index (χ0) is 9.97. The Labute approximate surface area is 96.1 Å². The molecule has 0 aromatic heterocycles. The molecule has 1 heterocycles. The van der Waals surface area contributed by atoms with Crippen molar-refractivity contribution in [3.63, 3.8) is 0 Å². The zero-order valence-electron chi connectivity index (χ0n) is 8.90. The fourth-order valence-corrected chi connectivity index (χ4v) is 2.49. The van der Waals surface area contributed by atoms with Crippen molar-refractivity contribution in [2.75, 3.05) is 26.8 Å². The van der Waals surface area contributed by atoms with Crippen LogP contribution in [0.4, 0.5) is 0 Å². The molecular weight excluding hydrogens is 218 g/mol. The second kappa shape index (κ2) is 5.68. The van der Waals surface area contributed by atoms with Crippen LogP contribution in [0.1, 0.15) is 12.8 Å². The molecule has 2 atom stereocenters. The van der Waals surface area contributed by atoms with Crippen LogP contribution in [0.25, 0.3) is 0 Å². The summed E-state index contributed by atoms with van der Waals surface area (Å²) in [6.07, 6.45) is 2.45. The molecule has 0 radical (unpaired) electrons. The van der Waals surface area contributed by atoms with Crippen LogP contribution in [0.5, 0.6) is 0 Å². The smallest absolute Gasteiger partial charge is 0.331 e. The first kappa shape index (κ1) is 12.7. The van der Waals surface area contributed by atoms with E-state index >= 15 is 0 Å². The topological polar surface area (TPSA) is 47.6 Å². The zero-order valence-corrected chi connectivity index (χ0v) is 9.72. The first-order valence-electron chi connectivity index (χ1n) is 5.18. The Morgan fingerprint density at radius 1 is 1.33 bits per heavy atom. The third kappa shape index (κ3) is 3.06. The highest BCUT2D eigenvalue weighted by Gasteiger charge is 2.37. The Morgan fingerprint density at radius 3 is 2.47 bits per heavy atom. The number of rotatable bonds is 3. The standard InChI is InChI=1S/C10H17NO3.ClH/c1-13-10(12)6-14-9-2-7-4-11-5-8(7)3-9;/h7-9,11H,2-6H2,1H3;1H. The van der Waals surface area contributed by atoms with Crippen molar-refractivity contribution in [3.8, 4) is 0 Å². The normalized spacial score (nSPS) is 33.3. The molecule has 0 bridgehead atoms. The number of carbonyl (C=O) groups is 1. The summed E-state index contributed by atoms with van der Waals surface area (Å²) in [6.45, 7) is 2.33. The largest absolute Gasteiger partial charge is 0.467 e. The third-order valence-electron chi connectivity index (χ3n) is 3.28. The second-order valence-corrected chi connectivity index (χ2v) is 4.16. The molecule has 4 nitrogen and oxygen atoms in total. The molecule has 2 aliphatic rings. The van der Waals surface area contributed by atoms with Crippen LogP contribution in [-0.4, -0.2) is 38.9 Å². The maximum absolute atomic E-state index is 10.9. The van der Waals surface area contributed by atoms with Crippen molar-refractivity contribution >= 4 is 18.4 Å². The van der Waals surface area contributed by atoms with Gasteiger partial charge in [0, 0.05) is 0 Å². The van der Waals surface area contributed by atoms with Crippen LogP contribution in [-0.2, 0) is 14.3 Å². The first-order chi connectivity index (χ1) is 6.79. The van der Waals surface area contributed by atoms with E-state index in [0.717, 1.165) is 37.8 Å². The lowest BCUT2D eigenvalue weighted by Gasteiger charge is -2.11. The van der Waals surface area contributed by atoms with Crippen LogP contribution < -0.4 is 5.32 Å². The van der Waals surface area contributed by atoms with Gasteiger partial charge in [-0.2, -0.15) is 0 Å². The van der Waals surface area contributed by atoms with Crippen LogP contribution in [0.3, 0.4) is 0 Å². The van der Waals surface area contributed by atoms with Crippen molar-refractivity contribution in [2.45, 2.75) is 18.9 Å². The SMILES string of the molecule is COC(=O)COC1CC2CNCC2C1.Cl. The van der Waals surface area contributed by atoms with Gasteiger partial charge in [-0.1, -0.05) is 0 Å². The maximum atomic E-state index is 10.9. The highest BCUT2D eigenvalue weighted by atomic mass is 35.5. The molecule has 0 amide bonds. The van der Waals surface area contributed by atoms with Gasteiger partial charge in [0.05, 0.1) is 13.2 Å². The summed E-state index contributed by atoms with van der Waals surface area (Å²) in [7, 11) is 1.39. The van der Waals surface area contributed by atoms with Crippen molar-refractivity contribution < 1.29 is 14.3 Å². The molecule has 0 aromatic carbocycles. The van der Waals surface area contributed by atoms with Gasteiger partial charge in [0.25, 0.3) is 0 Å². The summed E-state index contributed by atoms with van der Waals surface area (Å²) < 4.78 is 10.0. The molecule has 5 heteroatoms. The fraction of sp³-hybridized carbons (Fsp3) is 0.900. The Kier molecular flexibility index (Phi) is 4.83. The van der Waals surface area contributed by atoms with E-state index in [2.05, 4.69) is 10.1 Å². The Morgan fingerprint density at radius 2 is 1.93 bits per heavy atom. The highest BCUT2D eigenvalue weighted by molar-refractivity contribution is 5.85. The molecular formula is C10H18ClNO3. The molecule has 2 fully saturated rings. The fourth-order valence-electron chi connectivity index (χ4n) is 2.49. The number of halogens is 1. The molecule has 0 spiro atoms. The Hall–Kier alpha value is -0.320. The number of nitrogens with one attached hydrogen (secondary N) is 1. The summed E-state index contributed by atoms with van der Waals surface area (Å²) in [5.41, 5.74) is 0. The average Bonchev–Trinajstić information content (AvgIpc) is 2.73. The molecule has 1 saturated carbocycles. The van der Waals surface area contributed by atoms with E-state index in [0.29, 0.717) is 0 Å². The van der Waals surface area contributed by atoms with E-state index in [4.69, 9.17) is 4.74 Å². The number of esters is 1. The number of hydrogen-bond donors (Lipinski definition) is 1. The average molecular weight is 236 g/mol. The van der Waals surface area contributed by atoms with E-state index in [9.17, 15) is 4.79 Å².